The third kappa shape index (κ3) is 5.02. The van der Waals surface area contributed by atoms with Gasteiger partial charge in [0.25, 0.3) is 5.17 Å². The van der Waals surface area contributed by atoms with Gasteiger partial charge in [0, 0.05) is 26.2 Å². The van der Waals surface area contributed by atoms with E-state index in [0.717, 1.165) is 0 Å². The van der Waals surface area contributed by atoms with Gasteiger partial charge in [0.2, 0.25) is 0 Å². The zero-order chi connectivity index (χ0) is 21.7. The molecule has 3 rings (SSSR count). The van der Waals surface area contributed by atoms with E-state index in [4.69, 9.17) is 26.4 Å². The molecule has 0 spiro atoms. The van der Waals surface area contributed by atoms with E-state index in [-0.39, 0.29) is 17.8 Å². The van der Waals surface area contributed by atoms with E-state index in [1.807, 2.05) is 4.90 Å². The van der Waals surface area contributed by atoms with Gasteiger partial charge < -0.3 is 29.3 Å². The van der Waals surface area contributed by atoms with Crippen LogP contribution in [0, 0.1) is 5.82 Å². The van der Waals surface area contributed by atoms with E-state index in [0.29, 0.717) is 50.7 Å². The predicted molar refractivity (Wildman–Crippen MR) is 112 cm³/mol. The van der Waals surface area contributed by atoms with Gasteiger partial charge in [0.15, 0.2) is 0 Å². The molecule has 1 N–H and O–H groups in total. The van der Waals surface area contributed by atoms with E-state index >= 15 is 0 Å². The van der Waals surface area contributed by atoms with Crippen molar-refractivity contribution in [3.8, 4) is 0 Å². The van der Waals surface area contributed by atoms with Crippen molar-refractivity contribution in [1.29, 1.82) is 0 Å². The van der Waals surface area contributed by atoms with Gasteiger partial charge in [-0.15, -0.1) is 0 Å². The second kappa shape index (κ2) is 9.79. The number of carbonyl (C=O) groups is 2. The molecule has 2 saturated heterocycles. The fourth-order valence-corrected chi connectivity index (χ4v) is 3.46. The van der Waals surface area contributed by atoms with Gasteiger partial charge in [-0.3, -0.25) is 4.90 Å². The van der Waals surface area contributed by atoms with Crippen molar-refractivity contribution < 1.29 is 28.2 Å². The highest BCUT2D eigenvalue weighted by molar-refractivity contribution is 7.80. The molecule has 1 aromatic carbocycles. The highest BCUT2D eigenvalue weighted by Gasteiger charge is 2.33. The van der Waals surface area contributed by atoms with E-state index in [1.165, 1.54) is 18.1 Å². The van der Waals surface area contributed by atoms with Crippen LogP contribution in [-0.4, -0.2) is 81.4 Å². The van der Waals surface area contributed by atoms with Crippen molar-refractivity contribution in [3.05, 3.63) is 24.0 Å². The molecule has 0 radical (unpaired) electrons. The predicted octanol–water partition coefficient (Wildman–Crippen LogP) is 1.95. The highest BCUT2D eigenvalue weighted by atomic mass is 32.1. The van der Waals surface area contributed by atoms with Crippen LogP contribution in [-0.2, 0) is 14.2 Å². The zero-order valence-electron chi connectivity index (χ0n) is 16.9. The van der Waals surface area contributed by atoms with Crippen LogP contribution >= 0.6 is 12.2 Å². The smallest absolute Gasteiger partial charge is 0.414 e. The lowest BCUT2D eigenvalue weighted by Crippen LogP contribution is -2.49. The molecular formula is C19H25FN4O5S. The van der Waals surface area contributed by atoms with Crippen molar-refractivity contribution in [2.45, 2.75) is 13.0 Å². The van der Waals surface area contributed by atoms with Crippen LogP contribution < -0.4 is 15.1 Å². The molecule has 164 valence electrons. The van der Waals surface area contributed by atoms with E-state index in [2.05, 4.69) is 5.32 Å². The minimum absolute atomic E-state index is 0.211. The molecule has 0 bridgehead atoms. The summed E-state index contributed by atoms with van der Waals surface area (Å²) in [4.78, 5) is 28.8. The van der Waals surface area contributed by atoms with Gasteiger partial charge in [-0.2, -0.15) is 0 Å². The first-order chi connectivity index (χ1) is 14.4. The number of rotatable bonds is 5. The summed E-state index contributed by atoms with van der Waals surface area (Å²) < 4.78 is 30.0. The Morgan fingerprint density at radius 2 is 2.07 bits per heavy atom. The average Bonchev–Trinajstić information content (AvgIpc) is 3.12. The molecule has 2 aliphatic heterocycles. The number of piperazine rings is 1. The maximum atomic E-state index is 14.8. The topological polar surface area (TPSA) is 83.6 Å². The quantitative estimate of drug-likeness (QED) is 0.696. The molecule has 2 fully saturated rings. The molecule has 0 aromatic heterocycles. The van der Waals surface area contributed by atoms with E-state index in [1.54, 1.807) is 24.0 Å². The number of carbonyl (C=O) groups excluding carboxylic acids is 2. The number of cyclic esters (lactones) is 1. The second-order valence-electron chi connectivity index (χ2n) is 6.80. The largest absolute Gasteiger partial charge is 0.474 e. The number of ether oxygens (including phenoxy) is 3. The Bertz CT molecular complexity index is 803. The van der Waals surface area contributed by atoms with Crippen LogP contribution in [0.25, 0.3) is 0 Å². The first-order valence-electron chi connectivity index (χ1n) is 9.69. The third-order valence-electron chi connectivity index (χ3n) is 4.92. The number of amides is 2. The summed E-state index contributed by atoms with van der Waals surface area (Å²) in [5.41, 5.74) is 0.849. The van der Waals surface area contributed by atoms with Gasteiger partial charge in [-0.25, -0.2) is 14.0 Å². The Kier molecular flexibility index (Phi) is 7.14. The Hall–Kier alpha value is -2.82. The van der Waals surface area contributed by atoms with Gasteiger partial charge >= 0.3 is 12.2 Å². The molecular weight excluding hydrogens is 415 g/mol. The molecule has 0 aliphatic carbocycles. The van der Waals surface area contributed by atoms with Gasteiger partial charge in [0.05, 0.1) is 38.2 Å². The lowest BCUT2D eigenvalue weighted by Gasteiger charge is -2.35. The highest BCUT2D eigenvalue weighted by Crippen LogP contribution is 2.28. The van der Waals surface area contributed by atoms with E-state index < -0.39 is 18.0 Å². The number of anilines is 2. The van der Waals surface area contributed by atoms with Gasteiger partial charge in [-0.05, 0) is 37.3 Å². The van der Waals surface area contributed by atoms with Crippen molar-refractivity contribution >= 4 is 41.0 Å². The summed E-state index contributed by atoms with van der Waals surface area (Å²) >= 11 is 4.90. The standard InChI is InChI=1S/C19H25FN4O5S/c1-3-28-18(25)23-8-6-22(7-9-23)16-5-4-13(10-15(16)20)24-12-14(29-19(24)26)11-21-17(30)27-2/h4-5,10,14H,3,6-9,11-12H2,1-2H3,(H,21,30)/t14-/m0/s1. The fraction of sp³-hybridized carbons (Fsp3) is 0.526. The van der Waals surface area contributed by atoms with E-state index in [9.17, 15) is 14.0 Å². The Balaban J connectivity index is 1.60. The Morgan fingerprint density at radius 3 is 2.70 bits per heavy atom. The van der Waals surface area contributed by atoms with Crippen molar-refractivity contribution in [2.24, 2.45) is 0 Å². The van der Waals surface area contributed by atoms with Crippen LogP contribution in [0.5, 0.6) is 0 Å². The second-order valence-corrected chi connectivity index (χ2v) is 7.17. The first-order valence-corrected chi connectivity index (χ1v) is 10.1. The molecule has 2 amide bonds. The number of hydrogen-bond acceptors (Lipinski definition) is 7. The third-order valence-corrected chi connectivity index (χ3v) is 5.23. The summed E-state index contributed by atoms with van der Waals surface area (Å²) in [7, 11) is 1.45. The summed E-state index contributed by atoms with van der Waals surface area (Å²) in [6.07, 6.45) is -1.32. The molecule has 9 nitrogen and oxygen atoms in total. The van der Waals surface area contributed by atoms with Crippen LogP contribution in [0.4, 0.5) is 25.4 Å². The molecule has 0 unspecified atom stereocenters. The Labute approximate surface area is 179 Å². The molecule has 30 heavy (non-hydrogen) atoms. The Morgan fingerprint density at radius 1 is 1.33 bits per heavy atom. The van der Waals surface area contributed by atoms with Gasteiger partial charge in [0.1, 0.15) is 11.9 Å². The lowest BCUT2D eigenvalue weighted by molar-refractivity contribution is 0.105. The van der Waals surface area contributed by atoms with Crippen LogP contribution in [0.15, 0.2) is 18.2 Å². The van der Waals surface area contributed by atoms with Crippen LogP contribution in [0.1, 0.15) is 6.92 Å². The summed E-state index contributed by atoms with van der Waals surface area (Å²) in [5.74, 6) is -0.438. The maximum Gasteiger partial charge on any atom is 0.414 e. The molecule has 2 aliphatic rings. The minimum atomic E-state index is -0.541. The molecule has 0 saturated carbocycles. The van der Waals surface area contributed by atoms with Crippen molar-refractivity contribution in [2.75, 3.05) is 62.8 Å². The minimum Gasteiger partial charge on any atom is -0.474 e. The SMILES string of the molecule is CCOC(=O)N1CCN(c2ccc(N3C[C@H](CNC(=S)OC)OC3=O)cc2F)CC1. The summed E-state index contributed by atoms with van der Waals surface area (Å²) in [5, 5.41) is 3.05. The number of nitrogens with zero attached hydrogens (tertiary/aromatic N) is 3. The fourth-order valence-electron chi connectivity index (χ4n) is 3.37. The number of methoxy groups -OCH3 is 1. The summed E-state index contributed by atoms with van der Waals surface area (Å²) in [6.45, 7) is 4.56. The molecule has 1 aromatic rings. The zero-order valence-corrected chi connectivity index (χ0v) is 17.7. The normalized spacial score (nSPS) is 18.8. The number of halogens is 1. The molecule has 11 heteroatoms. The monoisotopic (exact) mass is 440 g/mol. The maximum absolute atomic E-state index is 14.8. The van der Waals surface area contributed by atoms with Crippen molar-refractivity contribution in [3.63, 3.8) is 0 Å². The lowest BCUT2D eigenvalue weighted by atomic mass is 10.2. The summed E-state index contributed by atoms with van der Waals surface area (Å²) in [6, 6.07) is 4.65. The molecule has 2 heterocycles. The number of benzene rings is 1. The average molecular weight is 440 g/mol. The first kappa shape index (κ1) is 21.9. The number of hydrogen-bond donors (Lipinski definition) is 1. The van der Waals surface area contributed by atoms with Crippen LogP contribution in [0.2, 0.25) is 0 Å². The van der Waals surface area contributed by atoms with Gasteiger partial charge in [-0.1, -0.05) is 0 Å². The number of nitrogens with one attached hydrogen (secondary N) is 1. The van der Waals surface area contributed by atoms with Crippen LogP contribution in [0.3, 0.4) is 0 Å². The number of thiocarbonyl (C=S) groups is 1. The molecule has 1 atom stereocenters. The van der Waals surface area contributed by atoms with Crippen molar-refractivity contribution in [1.82, 2.24) is 10.2 Å².